The van der Waals surface area contributed by atoms with E-state index in [9.17, 15) is 8.78 Å². The third kappa shape index (κ3) is 1.90. The Balaban J connectivity index is 2.17. The molecule has 0 radical (unpaired) electrons. The van der Waals surface area contributed by atoms with Crippen molar-refractivity contribution in [3.05, 3.63) is 35.4 Å². The largest absolute Gasteiger partial charge is 0.254 e. The quantitative estimate of drug-likeness (QED) is 0.681. The number of benzene rings is 1. The fraction of sp³-hybridized carbons (Fsp3) is 0.538. The maximum Gasteiger partial charge on any atom is 0.254 e. The van der Waals surface area contributed by atoms with E-state index in [1.807, 2.05) is 24.3 Å². The average Bonchev–Trinajstić information content (AvgIpc) is 2.17. The summed E-state index contributed by atoms with van der Waals surface area (Å²) in [5, 5.41) is 0. The molecule has 0 bridgehead atoms. The molecule has 0 nitrogen and oxygen atoms in total. The highest BCUT2D eigenvalue weighted by Gasteiger charge is 2.48. The summed E-state index contributed by atoms with van der Waals surface area (Å²) < 4.78 is 26.3. The fourth-order valence-corrected chi connectivity index (χ4v) is 2.03. The van der Waals surface area contributed by atoms with Gasteiger partial charge in [0.1, 0.15) is 0 Å². The molecule has 0 N–H and O–H groups in total. The molecule has 82 valence electrons. The van der Waals surface area contributed by atoms with E-state index >= 15 is 0 Å². The van der Waals surface area contributed by atoms with Gasteiger partial charge in [-0.2, -0.15) is 0 Å². The molecule has 1 saturated carbocycles. The number of hydrogen-bond acceptors (Lipinski definition) is 0. The smallest absolute Gasteiger partial charge is 0.206 e. The summed E-state index contributed by atoms with van der Waals surface area (Å²) in [5.74, 6) is -2.56. The van der Waals surface area contributed by atoms with Crippen LogP contribution in [-0.4, -0.2) is 5.92 Å². The van der Waals surface area contributed by atoms with Gasteiger partial charge in [-0.05, 0) is 23.5 Å². The molecule has 1 aliphatic carbocycles. The van der Waals surface area contributed by atoms with Gasteiger partial charge in [-0.3, -0.25) is 0 Å². The molecule has 0 heterocycles. The van der Waals surface area contributed by atoms with Crippen LogP contribution in [0.3, 0.4) is 0 Å². The Bertz CT molecular complexity index is 338. The van der Waals surface area contributed by atoms with Crippen molar-refractivity contribution in [1.29, 1.82) is 0 Å². The molecule has 2 heteroatoms. The highest BCUT2D eigenvalue weighted by molar-refractivity contribution is 5.30. The number of rotatable bonds is 2. The van der Waals surface area contributed by atoms with Crippen LogP contribution in [0.1, 0.15) is 49.7 Å². The first kappa shape index (κ1) is 10.6. The topological polar surface area (TPSA) is 0 Å². The van der Waals surface area contributed by atoms with Crippen molar-refractivity contribution in [1.82, 2.24) is 0 Å². The molecule has 0 saturated heterocycles. The first-order valence-corrected chi connectivity index (χ1v) is 5.48. The minimum absolute atomic E-state index is 0.0452. The summed E-state index contributed by atoms with van der Waals surface area (Å²) in [6, 6.07) is 7.64. The second-order valence-electron chi connectivity index (χ2n) is 4.67. The van der Waals surface area contributed by atoms with Gasteiger partial charge in [0.25, 0.3) is 5.92 Å². The lowest BCUT2D eigenvalue weighted by Crippen LogP contribution is -2.36. The SMILES string of the molecule is CC(C)c1ccc(C2CCC2(F)F)cc1. The number of halogens is 2. The van der Waals surface area contributed by atoms with Crippen LogP contribution in [0.2, 0.25) is 0 Å². The highest BCUT2D eigenvalue weighted by Crippen LogP contribution is 2.49. The van der Waals surface area contributed by atoms with Gasteiger partial charge in [0.2, 0.25) is 0 Å². The van der Waals surface area contributed by atoms with Gasteiger partial charge in [0, 0.05) is 12.3 Å². The molecule has 1 fully saturated rings. The second kappa shape index (κ2) is 3.58. The van der Waals surface area contributed by atoms with Crippen LogP contribution in [0, 0.1) is 0 Å². The van der Waals surface area contributed by atoms with Crippen molar-refractivity contribution in [2.24, 2.45) is 0 Å². The maximum absolute atomic E-state index is 13.1. The average molecular weight is 210 g/mol. The normalized spacial score (nSPS) is 23.9. The first-order valence-electron chi connectivity index (χ1n) is 5.48. The van der Waals surface area contributed by atoms with Gasteiger partial charge in [-0.25, -0.2) is 8.78 Å². The van der Waals surface area contributed by atoms with E-state index in [0.29, 0.717) is 12.3 Å². The Morgan fingerprint density at radius 2 is 1.80 bits per heavy atom. The molecule has 1 unspecified atom stereocenters. The Morgan fingerprint density at radius 1 is 1.20 bits per heavy atom. The monoisotopic (exact) mass is 210 g/mol. The summed E-state index contributed by atoms with van der Waals surface area (Å²) in [5.41, 5.74) is 2.00. The summed E-state index contributed by atoms with van der Waals surface area (Å²) >= 11 is 0. The van der Waals surface area contributed by atoms with Crippen LogP contribution >= 0.6 is 0 Å². The zero-order valence-electron chi connectivity index (χ0n) is 9.13. The van der Waals surface area contributed by atoms with Crippen LogP contribution in [0.15, 0.2) is 24.3 Å². The van der Waals surface area contributed by atoms with Crippen molar-refractivity contribution in [3.8, 4) is 0 Å². The summed E-state index contributed by atoms with van der Waals surface area (Å²) in [6.07, 6.45) is 0.664. The molecule has 0 aliphatic heterocycles. The molecule has 1 aromatic rings. The highest BCUT2D eigenvalue weighted by atomic mass is 19.3. The van der Waals surface area contributed by atoms with E-state index in [1.54, 1.807) is 0 Å². The van der Waals surface area contributed by atoms with E-state index in [2.05, 4.69) is 13.8 Å². The fourth-order valence-electron chi connectivity index (χ4n) is 2.03. The van der Waals surface area contributed by atoms with Gasteiger partial charge in [-0.1, -0.05) is 38.1 Å². The van der Waals surface area contributed by atoms with Gasteiger partial charge in [0.15, 0.2) is 0 Å². The van der Waals surface area contributed by atoms with Crippen LogP contribution in [0.25, 0.3) is 0 Å². The van der Waals surface area contributed by atoms with E-state index in [0.717, 1.165) is 5.56 Å². The predicted octanol–water partition coefficient (Wildman–Crippen LogP) is 4.32. The molecule has 1 aromatic carbocycles. The second-order valence-corrected chi connectivity index (χ2v) is 4.67. The van der Waals surface area contributed by atoms with Crippen LogP contribution in [-0.2, 0) is 0 Å². The Hall–Kier alpha value is -0.920. The van der Waals surface area contributed by atoms with E-state index in [-0.39, 0.29) is 6.42 Å². The van der Waals surface area contributed by atoms with Crippen molar-refractivity contribution in [2.45, 2.75) is 44.4 Å². The maximum atomic E-state index is 13.1. The van der Waals surface area contributed by atoms with Crippen molar-refractivity contribution in [2.75, 3.05) is 0 Å². The third-order valence-corrected chi connectivity index (χ3v) is 3.28. The van der Waals surface area contributed by atoms with Crippen LogP contribution < -0.4 is 0 Å². The van der Waals surface area contributed by atoms with Gasteiger partial charge >= 0.3 is 0 Å². The van der Waals surface area contributed by atoms with Gasteiger partial charge < -0.3 is 0 Å². The molecular formula is C13H16F2. The molecule has 1 atom stereocenters. The lowest BCUT2D eigenvalue weighted by atomic mass is 9.76. The van der Waals surface area contributed by atoms with Crippen molar-refractivity contribution < 1.29 is 8.78 Å². The van der Waals surface area contributed by atoms with Crippen LogP contribution in [0.4, 0.5) is 8.78 Å². The molecule has 15 heavy (non-hydrogen) atoms. The predicted molar refractivity (Wildman–Crippen MR) is 57.5 cm³/mol. The number of hydrogen-bond donors (Lipinski definition) is 0. The standard InChI is InChI=1S/C13H16F2/c1-9(2)10-3-5-11(6-4-10)12-7-8-13(12,14)15/h3-6,9,12H,7-8H2,1-2H3. The lowest BCUT2D eigenvalue weighted by Gasteiger charge is -2.36. The van der Waals surface area contributed by atoms with E-state index in [1.165, 1.54) is 5.56 Å². The number of alkyl halides is 2. The zero-order valence-corrected chi connectivity index (χ0v) is 9.13. The molecule has 1 aliphatic rings. The van der Waals surface area contributed by atoms with E-state index < -0.39 is 11.8 Å². The minimum atomic E-state index is -2.47. The molecule has 0 amide bonds. The Labute approximate surface area is 89.3 Å². The van der Waals surface area contributed by atoms with Gasteiger partial charge in [0.05, 0.1) is 0 Å². The summed E-state index contributed by atoms with van der Waals surface area (Å²) in [7, 11) is 0. The Kier molecular flexibility index (Phi) is 2.53. The van der Waals surface area contributed by atoms with Crippen molar-refractivity contribution >= 4 is 0 Å². The lowest BCUT2D eigenvalue weighted by molar-refractivity contribution is -0.0962. The first-order chi connectivity index (χ1) is 7.00. The summed E-state index contributed by atoms with van der Waals surface area (Å²) in [4.78, 5) is 0. The molecular weight excluding hydrogens is 194 g/mol. The minimum Gasteiger partial charge on any atom is -0.206 e. The molecule has 0 aromatic heterocycles. The molecule has 2 rings (SSSR count). The van der Waals surface area contributed by atoms with Crippen LogP contribution in [0.5, 0.6) is 0 Å². The van der Waals surface area contributed by atoms with Crippen molar-refractivity contribution in [3.63, 3.8) is 0 Å². The molecule has 0 spiro atoms. The Morgan fingerprint density at radius 3 is 2.13 bits per heavy atom. The third-order valence-electron chi connectivity index (χ3n) is 3.28. The van der Waals surface area contributed by atoms with E-state index in [4.69, 9.17) is 0 Å². The summed E-state index contributed by atoms with van der Waals surface area (Å²) in [6.45, 7) is 4.21. The zero-order chi connectivity index (χ0) is 11.1. The van der Waals surface area contributed by atoms with Gasteiger partial charge in [-0.15, -0.1) is 0 Å².